The van der Waals surface area contributed by atoms with E-state index in [0.717, 1.165) is 6.42 Å². The minimum atomic E-state index is 0.323. The van der Waals surface area contributed by atoms with Gasteiger partial charge in [0.15, 0.2) is 0 Å². The second-order valence-corrected chi connectivity index (χ2v) is 5.01. The molecule has 0 bridgehead atoms. The third kappa shape index (κ3) is 5.24. The van der Waals surface area contributed by atoms with Crippen molar-refractivity contribution >= 4 is 0 Å². The van der Waals surface area contributed by atoms with Gasteiger partial charge in [-0.3, -0.25) is 0 Å². The SMILES string of the molecule is CC(C)CC#CC(C)C(C)(C)C. The third-order valence-electron chi connectivity index (χ3n) is 2.13. The summed E-state index contributed by atoms with van der Waals surface area (Å²) >= 11 is 0. The van der Waals surface area contributed by atoms with Gasteiger partial charge in [0.05, 0.1) is 0 Å². The molecule has 0 aromatic carbocycles. The first-order valence-corrected chi connectivity index (χ1v) is 4.82. The molecule has 12 heavy (non-hydrogen) atoms. The van der Waals surface area contributed by atoms with Gasteiger partial charge in [-0.1, -0.05) is 47.5 Å². The van der Waals surface area contributed by atoms with Crippen LogP contribution in [0.2, 0.25) is 0 Å². The first-order valence-electron chi connectivity index (χ1n) is 4.82. The summed E-state index contributed by atoms with van der Waals surface area (Å²) in [5.41, 5.74) is 0.323. The molecule has 0 rings (SSSR count). The van der Waals surface area contributed by atoms with Crippen LogP contribution in [-0.2, 0) is 0 Å². The lowest BCUT2D eigenvalue weighted by Gasteiger charge is -2.22. The first-order chi connectivity index (χ1) is 5.34. The summed E-state index contributed by atoms with van der Waals surface area (Å²) in [7, 11) is 0. The Bertz CT molecular complexity index is 170. The van der Waals surface area contributed by atoms with E-state index < -0.39 is 0 Å². The van der Waals surface area contributed by atoms with E-state index in [2.05, 4.69) is 53.4 Å². The van der Waals surface area contributed by atoms with E-state index in [1.54, 1.807) is 0 Å². The minimum Gasteiger partial charge on any atom is -0.103 e. The lowest BCUT2D eigenvalue weighted by atomic mass is 9.82. The number of hydrogen-bond donors (Lipinski definition) is 0. The van der Waals surface area contributed by atoms with Crippen LogP contribution in [0.25, 0.3) is 0 Å². The maximum absolute atomic E-state index is 3.30. The zero-order valence-electron chi connectivity index (χ0n) is 9.36. The molecular formula is C12H22. The topological polar surface area (TPSA) is 0 Å². The minimum absolute atomic E-state index is 0.323. The van der Waals surface area contributed by atoms with Crippen molar-refractivity contribution in [3.63, 3.8) is 0 Å². The van der Waals surface area contributed by atoms with Crippen LogP contribution >= 0.6 is 0 Å². The van der Waals surface area contributed by atoms with Gasteiger partial charge in [0, 0.05) is 12.3 Å². The lowest BCUT2D eigenvalue weighted by molar-refractivity contribution is 0.324. The van der Waals surface area contributed by atoms with Gasteiger partial charge in [-0.25, -0.2) is 0 Å². The predicted octanol–water partition coefficient (Wildman–Crippen LogP) is 3.72. The molecule has 0 amide bonds. The van der Waals surface area contributed by atoms with Crippen molar-refractivity contribution in [2.45, 2.75) is 48.0 Å². The van der Waals surface area contributed by atoms with Crippen LogP contribution in [0.1, 0.15) is 48.0 Å². The molecule has 0 aliphatic heterocycles. The van der Waals surface area contributed by atoms with E-state index in [9.17, 15) is 0 Å². The van der Waals surface area contributed by atoms with Crippen LogP contribution in [0.3, 0.4) is 0 Å². The predicted molar refractivity (Wildman–Crippen MR) is 55.9 cm³/mol. The monoisotopic (exact) mass is 166 g/mol. The Morgan fingerprint density at radius 1 is 1.08 bits per heavy atom. The van der Waals surface area contributed by atoms with E-state index in [1.807, 2.05) is 0 Å². The molecule has 0 saturated carbocycles. The van der Waals surface area contributed by atoms with E-state index in [0.29, 0.717) is 17.3 Å². The van der Waals surface area contributed by atoms with Gasteiger partial charge < -0.3 is 0 Å². The highest BCUT2D eigenvalue weighted by Crippen LogP contribution is 2.24. The summed E-state index contributed by atoms with van der Waals surface area (Å²) in [5, 5.41) is 0. The van der Waals surface area contributed by atoms with Gasteiger partial charge in [0.1, 0.15) is 0 Å². The van der Waals surface area contributed by atoms with Crippen molar-refractivity contribution in [1.29, 1.82) is 0 Å². The summed E-state index contributed by atoms with van der Waals surface area (Å²) in [5.74, 6) is 7.74. The van der Waals surface area contributed by atoms with Gasteiger partial charge >= 0.3 is 0 Å². The fourth-order valence-electron chi connectivity index (χ4n) is 0.633. The van der Waals surface area contributed by atoms with Gasteiger partial charge in [-0.2, -0.15) is 0 Å². The van der Waals surface area contributed by atoms with Crippen molar-refractivity contribution < 1.29 is 0 Å². The molecule has 0 heterocycles. The standard InChI is InChI=1S/C12H22/c1-10(2)8-7-9-11(3)12(4,5)6/h10-11H,8H2,1-6H3. The fraction of sp³-hybridized carbons (Fsp3) is 0.833. The average Bonchev–Trinajstić information content (AvgIpc) is 1.84. The van der Waals surface area contributed by atoms with Crippen LogP contribution < -0.4 is 0 Å². The average molecular weight is 166 g/mol. The quantitative estimate of drug-likeness (QED) is 0.521. The molecule has 0 radical (unpaired) electrons. The Hall–Kier alpha value is -0.440. The molecule has 0 aliphatic carbocycles. The Kier molecular flexibility index (Phi) is 4.39. The second-order valence-electron chi connectivity index (χ2n) is 5.01. The van der Waals surface area contributed by atoms with Crippen LogP contribution in [0, 0.1) is 29.1 Å². The van der Waals surface area contributed by atoms with Crippen molar-refractivity contribution in [3.8, 4) is 11.8 Å². The summed E-state index contributed by atoms with van der Waals surface area (Å²) < 4.78 is 0. The highest BCUT2D eigenvalue weighted by atomic mass is 14.2. The zero-order valence-corrected chi connectivity index (χ0v) is 9.36. The molecule has 70 valence electrons. The number of rotatable bonds is 1. The van der Waals surface area contributed by atoms with E-state index in [-0.39, 0.29) is 0 Å². The van der Waals surface area contributed by atoms with Crippen LogP contribution in [0.4, 0.5) is 0 Å². The van der Waals surface area contributed by atoms with E-state index >= 15 is 0 Å². The molecule has 0 aliphatic rings. The maximum atomic E-state index is 3.30. The summed E-state index contributed by atoms with van der Waals surface area (Å²) in [6.45, 7) is 13.3. The third-order valence-corrected chi connectivity index (χ3v) is 2.13. The van der Waals surface area contributed by atoms with Crippen LogP contribution in [0.15, 0.2) is 0 Å². The Morgan fingerprint density at radius 2 is 1.58 bits per heavy atom. The van der Waals surface area contributed by atoms with Crippen molar-refractivity contribution in [3.05, 3.63) is 0 Å². The van der Waals surface area contributed by atoms with Gasteiger partial charge in [-0.15, -0.1) is 5.92 Å². The highest BCUT2D eigenvalue weighted by molar-refractivity contribution is 5.05. The molecule has 1 atom stereocenters. The molecule has 0 aromatic rings. The molecule has 0 N–H and O–H groups in total. The first kappa shape index (κ1) is 11.6. The zero-order chi connectivity index (χ0) is 9.78. The van der Waals surface area contributed by atoms with Gasteiger partial charge in [0.2, 0.25) is 0 Å². The molecule has 0 heteroatoms. The van der Waals surface area contributed by atoms with Crippen molar-refractivity contribution in [2.75, 3.05) is 0 Å². The molecule has 0 spiro atoms. The van der Waals surface area contributed by atoms with E-state index in [1.165, 1.54) is 0 Å². The van der Waals surface area contributed by atoms with Crippen LogP contribution in [-0.4, -0.2) is 0 Å². The van der Waals surface area contributed by atoms with E-state index in [4.69, 9.17) is 0 Å². The highest BCUT2D eigenvalue weighted by Gasteiger charge is 2.17. The van der Waals surface area contributed by atoms with Crippen molar-refractivity contribution in [2.24, 2.45) is 17.3 Å². The molecule has 0 nitrogen and oxygen atoms in total. The maximum Gasteiger partial charge on any atom is 0.0223 e. The largest absolute Gasteiger partial charge is 0.103 e. The molecule has 0 saturated heterocycles. The molecular weight excluding hydrogens is 144 g/mol. The van der Waals surface area contributed by atoms with Gasteiger partial charge in [0.25, 0.3) is 0 Å². The second kappa shape index (κ2) is 4.55. The lowest BCUT2D eigenvalue weighted by Crippen LogP contribution is -2.15. The molecule has 1 unspecified atom stereocenters. The summed E-state index contributed by atoms with van der Waals surface area (Å²) in [6.07, 6.45) is 1.03. The molecule has 0 aromatic heterocycles. The summed E-state index contributed by atoms with van der Waals surface area (Å²) in [4.78, 5) is 0. The van der Waals surface area contributed by atoms with Crippen LogP contribution in [0.5, 0.6) is 0 Å². The smallest absolute Gasteiger partial charge is 0.0223 e. The Balaban J connectivity index is 3.96. The Morgan fingerprint density at radius 3 is 1.92 bits per heavy atom. The Labute approximate surface area is 77.8 Å². The normalized spacial score (nSPS) is 13.9. The van der Waals surface area contributed by atoms with Crippen molar-refractivity contribution in [1.82, 2.24) is 0 Å². The number of hydrogen-bond acceptors (Lipinski definition) is 0. The van der Waals surface area contributed by atoms with Gasteiger partial charge in [-0.05, 0) is 11.3 Å². The fourth-order valence-corrected chi connectivity index (χ4v) is 0.633. The molecule has 0 fully saturated rings. The summed E-state index contributed by atoms with van der Waals surface area (Å²) in [6, 6.07) is 0.